The van der Waals surface area contributed by atoms with E-state index < -0.39 is 12.1 Å². The highest BCUT2D eigenvalue weighted by Gasteiger charge is 2.34. The highest BCUT2D eigenvalue weighted by molar-refractivity contribution is 6.34. The van der Waals surface area contributed by atoms with E-state index in [9.17, 15) is 5.11 Å². The quantitative estimate of drug-likeness (QED) is 0.861. The van der Waals surface area contributed by atoms with Crippen molar-refractivity contribution in [2.45, 2.75) is 25.0 Å². The molecule has 0 aromatic heterocycles. The van der Waals surface area contributed by atoms with Gasteiger partial charge in [-0.05, 0) is 42.5 Å². The van der Waals surface area contributed by atoms with Crippen molar-refractivity contribution in [3.8, 4) is 0 Å². The van der Waals surface area contributed by atoms with Crippen LogP contribution in [0.5, 0.6) is 0 Å². The highest BCUT2D eigenvalue weighted by atomic mass is 35.5. The third kappa shape index (κ3) is 2.64. The zero-order valence-corrected chi connectivity index (χ0v) is 9.67. The Morgan fingerprint density at radius 3 is 2.20 bits per heavy atom. The van der Waals surface area contributed by atoms with Gasteiger partial charge in [-0.1, -0.05) is 23.2 Å². The van der Waals surface area contributed by atoms with Gasteiger partial charge in [-0.25, -0.2) is 0 Å². The molecule has 0 heterocycles. The van der Waals surface area contributed by atoms with E-state index >= 15 is 0 Å². The largest absolute Gasteiger partial charge is 0.391 e. The van der Waals surface area contributed by atoms with Crippen molar-refractivity contribution in [2.24, 2.45) is 11.7 Å². The predicted molar refractivity (Wildman–Crippen MR) is 62.1 cm³/mol. The van der Waals surface area contributed by atoms with Crippen LogP contribution >= 0.6 is 23.2 Å². The summed E-state index contributed by atoms with van der Waals surface area (Å²) in [5.74, 6) is 0.345. The molecule has 82 valence electrons. The van der Waals surface area contributed by atoms with Gasteiger partial charge in [0.05, 0.1) is 12.1 Å². The third-order valence-corrected chi connectivity index (χ3v) is 3.18. The molecular weight excluding hydrogens is 233 g/mol. The summed E-state index contributed by atoms with van der Waals surface area (Å²) in [7, 11) is 0. The second-order valence-electron chi connectivity index (χ2n) is 4.06. The molecule has 1 aromatic carbocycles. The van der Waals surface area contributed by atoms with Crippen molar-refractivity contribution in [2.75, 3.05) is 0 Å². The lowest BCUT2D eigenvalue weighted by molar-refractivity contribution is 0.122. The van der Waals surface area contributed by atoms with Crippen LogP contribution < -0.4 is 5.73 Å². The molecule has 2 rings (SSSR count). The van der Waals surface area contributed by atoms with Gasteiger partial charge in [-0.15, -0.1) is 0 Å². The molecule has 1 fully saturated rings. The third-order valence-electron chi connectivity index (χ3n) is 2.74. The summed E-state index contributed by atoms with van der Waals surface area (Å²) >= 11 is 11.7. The molecule has 0 unspecified atom stereocenters. The molecule has 15 heavy (non-hydrogen) atoms. The number of aliphatic hydroxyl groups excluding tert-OH is 1. The van der Waals surface area contributed by atoms with Gasteiger partial charge >= 0.3 is 0 Å². The monoisotopic (exact) mass is 245 g/mol. The van der Waals surface area contributed by atoms with Gasteiger partial charge in [0.1, 0.15) is 0 Å². The lowest BCUT2D eigenvalue weighted by Gasteiger charge is -2.19. The van der Waals surface area contributed by atoms with Gasteiger partial charge in [0, 0.05) is 10.0 Å². The van der Waals surface area contributed by atoms with Crippen LogP contribution in [0.3, 0.4) is 0 Å². The first-order valence-corrected chi connectivity index (χ1v) is 5.73. The van der Waals surface area contributed by atoms with Crippen LogP contribution in [0, 0.1) is 5.92 Å². The van der Waals surface area contributed by atoms with E-state index in [1.54, 1.807) is 18.2 Å². The van der Waals surface area contributed by atoms with Gasteiger partial charge in [0.15, 0.2) is 0 Å². The summed E-state index contributed by atoms with van der Waals surface area (Å²) in [5.41, 5.74) is 6.75. The van der Waals surface area contributed by atoms with E-state index in [0.29, 0.717) is 16.0 Å². The standard InChI is InChI=1S/C11H13Cl2NO/c12-8-3-7(4-9(13)5-8)10(14)11(15)6-1-2-6/h3-6,10-11,15H,1-2,14H2/t10-,11+/m0/s1. The van der Waals surface area contributed by atoms with Crippen LogP contribution in [0.2, 0.25) is 10.0 Å². The van der Waals surface area contributed by atoms with E-state index in [-0.39, 0.29) is 0 Å². The summed E-state index contributed by atoms with van der Waals surface area (Å²) in [4.78, 5) is 0. The van der Waals surface area contributed by atoms with E-state index in [1.165, 1.54) is 0 Å². The van der Waals surface area contributed by atoms with Crippen molar-refractivity contribution in [1.29, 1.82) is 0 Å². The number of halogens is 2. The zero-order chi connectivity index (χ0) is 11.0. The van der Waals surface area contributed by atoms with Crippen molar-refractivity contribution < 1.29 is 5.11 Å². The van der Waals surface area contributed by atoms with E-state index in [1.807, 2.05) is 0 Å². The molecule has 2 nitrogen and oxygen atoms in total. The Hall–Kier alpha value is -0.280. The SMILES string of the molecule is N[C@@H](c1cc(Cl)cc(Cl)c1)[C@H](O)C1CC1. The molecule has 2 atom stereocenters. The van der Waals surface area contributed by atoms with Crippen LogP contribution in [0.25, 0.3) is 0 Å². The maximum absolute atomic E-state index is 9.88. The highest BCUT2D eigenvalue weighted by Crippen LogP contribution is 2.37. The fourth-order valence-corrected chi connectivity index (χ4v) is 2.24. The van der Waals surface area contributed by atoms with Gasteiger partial charge in [-0.3, -0.25) is 0 Å². The summed E-state index contributed by atoms with van der Waals surface area (Å²) < 4.78 is 0. The Kier molecular flexibility index (Phi) is 3.21. The smallest absolute Gasteiger partial charge is 0.0760 e. The van der Waals surface area contributed by atoms with Gasteiger partial charge in [-0.2, -0.15) is 0 Å². The van der Waals surface area contributed by atoms with E-state index in [4.69, 9.17) is 28.9 Å². The molecular formula is C11H13Cl2NO. The summed E-state index contributed by atoms with van der Waals surface area (Å²) in [6.07, 6.45) is 1.63. The lowest BCUT2D eigenvalue weighted by Crippen LogP contribution is -2.27. The Bertz CT molecular complexity index is 345. The number of aliphatic hydroxyl groups is 1. The van der Waals surface area contributed by atoms with Crippen LogP contribution in [0.4, 0.5) is 0 Å². The van der Waals surface area contributed by atoms with E-state index in [0.717, 1.165) is 18.4 Å². The molecule has 1 aliphatic carbocycles. The lowest BCUT2D eigenvalue weighted by atomic mass is 9.99. The molecule has 4 heteroatoms. The van der Waals surface area contributed by atoms with Crippen molar-refractivity contribution >= 4 is 23.2 Å². The molecule has 0 radical (unpaired) electrons. The summed E-state index contributed by atoms with van der Waals surface area (Å²) in [5, 5.41) is 11.0. The Labute approximate surface area is 99.0 Å². The number of benzene rings is 1. The maximum Gasteiger partial charge on any atom is 0.0760 e. The summed E-state index contributed by atoms with van der Waals surface area (Å²) in [6.45, 7) is 0. The average Bonchev–Trinajstić information content (AvgIpc) is 2.97. The van der Waals surface area contributed by atoms with Crippen LogP contribution in [0.15, 0.2) is 18.2 Å². The minimum Gasteiger partial charge on any atom is -0.391 e. The molecule has 3 N–H and O–H groups in total. The Morgan fingerprint density at radius 2 is 1.73 bits per heavy atom. The fourth-order valence-electron chi connectivity index (χ4n) is 1.70. The first kappa shape index (κ1) is 11.2. The predicted octanol–water partition coefficient (Wildman–Crippen LogP) is 2.76. The van der Waals surface area contributed by atoms with Crippen molar-refractivity contribution in [3.05, 3.63) is 33.8 Å². The minimum absolute atomic E-state index is 0.345. The van der Waals surface area contributed by atoms with Crippen LogP contribution in [-0.4, -0.2) is 11.2 Å². The Morgan fingerprint density at radius 1 is 1.20 bits per heavy atom. The fraction of sp³-hybridized carbons (Fsp3) is 0.455. The summed E-state index contributed by atoms with van der Waals surface area (Å²) in [6, 6.07) is 4.77. The molecule has 0 amide bonds. The minimum atomic E-state index is -0.487. The van der Waals surface area contributed by atoms with Crippen molar-refractivity contribution in [1.82, 2.24) is 0 Å². The number of hydrogen-bond acceptors (Lipinski definition) is 2. The molecule has 0 bridgehead atoms. The topological polar surface area (TPSA) is 46.2 Å². The first-order chi connectivity index (χ1) is 7.08. The first-order valence-electron chi connectivity index (χ1n) is 4.97. The van der Waals surface area contributed by atoms with E-state index in [2.05, 4.69) is 0 Å². The second-order valence-corrected chi connectivity index (χ2v) is 4.93. The maximum atomic E-state index is 9.88. The van der Waals surface area contributed by atoms with Crippen molar-refractivity contribution in [3.63, 3.8) is 0 Å². The number of rotatable bonds is 3. The Balaban J connectivity index is 2.19. The molecule has 0 saturated heterocycles. The molecule has 1 aromatic rings. The number of hydrogen-bond donors (Lipinski definition) is 2. The normalized spacial score (nSPS) is 20.0. The zero-order valence-electron chi connectivity index (χ0n) is 8.16. The number of nitrogens with two attached hydrogens (primary N) is 1. The van der Waals surface area contributed by atoms with Gasteiger partial charge in [0.2, 0.25) is 0 Å². The van der Waals surface area contributed by atoms with Crippen LogP contribution in [-0.2, 0) is 0 Å². The molecule has 0 aliphatic heterocycles. The molecule has 1 saturated carbocycles. The van der Waals surface area contributed by atoms with Crippen LogP contribution in [0.1, 0.15) is 24.4 Å². The average molecular weight is 246 g/mol. The molecule has 0 spiro atoms. The second kappa shape index (κ2) is 4.30. The van der Waals surface area contributed by atoms with Gasteiger partial charge < -0.3 is 10.8 Å². The van der Waals surface area contributed by atoms with Gasteiger partial charge in [0.25, 0.3) is 0 Å². The molecule has 1 aliphatic rings.